The summed E-state index contributed by atoms with van der Waals surface area (Å²) in [6.45, 7) is 3.98. The molecule has 4 rings (SSSR count). The molecule has 1 amide bonds. The second kappa shape index (κ2) is 8.57. The van der Waals surface area contributed by atoms with E-state index in [2.05, 4.69) is 20.9 Å². The van der Waals surface area contributed by atoms with Gasteiger partial charge in [0.05, 0.1) is 18.2 Å². The van der Waals surface area contributed by atoms with Crippen molar-refractivity contribution in [3.8, 4) is 5.75 Å². The van der Waals surface area contributed by atoms with Crippen LogP contribution in [0.2, 0.25) is 5.02 Å². The molecule has 156 valence electrons. The van der Waals surface area contributed by atoms with Crippen molar-refractivity contribution in [1.29, 1.82) is 0 Å². The van der Waals surface area contributed by atoms with Gasteiger partial charge in [0.1, 0.15) is 11.0 Å². The molecule has 7 nitrogen and oxygen atoms in total. The molecule has 2 heterocycles. The number of amides is 1. The van der Waals surface area contributed by atoms with E-state index in [1.54, 1.807) is 7.11 Å². The number of aromatic nitrogens is 3. The number of thioether (sulfide) groups is 1. The minimum absolute atomic E-state index is 0.119. The lowest BCUT2D eigenvalue weighted by atomic mass is 10.0. The predicted molar refractivity (Wildman–Crippen MR) is 119 cm³/mol. The Morgan fingerprint density at radius 1 is 1.30 bits per heavy atom. The number of anilines is 1. The van der Waals surface area contributed by atoms with E-state index in [1.807, 2.05) is 61.0 Å². The van der Waals surface area contributed by atoms with E-state index < -0.39 is 5.25 Å². The van der Waals surface area contributed by atoms with Crippen LogP contribution < -0.4 is 15.5 Å². The van der Waals surface area contributed by atoms with E-state index in [1.165, 1.54) is 11.8 Å². The van der Waals surface area contributed by atoms with E-state index in [4.69, 9.17) is 16.3 Å². The van der Waals surface area contributed by atoms with Crippen LogP contribution in [0, 0.1) is 6.92 Å². The Balaban J connectivity index is 1.70. The summed E-state index contributed by atoms with van der Waals surface area (Å²) >= 11 is 7.76. The van der Waals surface area contributed by atoms with Crippen molar-refractivity contribution < 1.29 is 9.53 Å². The molecule has 2 N–H and O–H groups in total. The number of hydrogen-bond acceptors (Lipinski definition) is 6. The fourth-order valence-electron chi connectivity index (χ4n) is 3.37. The third-order valence-electron chi connectivity index (χ3n) is 5.02. The highest BCUT2D eigenvalue weighted by molar-refractivity contribution is 8.00. The molecule has 0 bridgehead atoms. The van der Waals surface area contributed by atoms with Gasteiger partial charge in [-0.1, -0.05) is 54.6 Å². The number of nitrogens with zero attached hydrogens (tertiary/aromatic N) is 3. The Kier molecular flexibility index (Phi) is 5.87. The molecule has 30 heavy (non-hydrogen) atoms. The van der Waals surface area contributed by atoms with Gasteiger partial charge in [-0.25, -0.2) is 4.68 Å². The van der Waals surface area contributed by atoms with Crippen molar-refractivity contribution >= 4 is 35.0 Å². The first-order chi connectivity index (χ1) is 14.5. The van der Waals surface area contributed by atoms with E-state index in [0.717, 1.165) is 29.1 Å². The number of nitrogens with one attached hydrogen (secondary N) is 2. The van der Waals surface area contributed by atoms with Gasteiger partial charge in [0.2, 0.25) is 11.1 Å². The van der Waals surface area contributed by atoms with Crippen molar-refractivity contribution in [2.24, 2.45) is 0 Å². The largest absolute Gasteiger partial charge is 0.495 e. The molecular formula is C21H22ClN5O2S. The number of carbonyl (C=O) groups is 1. The molecular weight excluding hydrogens is 422 g/mol. The van der Waals surface area contributed by atoms with Crippen molar-refractivity contribution in [2.75, 3.05) is 17.9 Å². The van der Waals surface area contributed by atoms with Crippen LogP contribution in [-0.2, 0) is 11.2 Å². The minimum atomic E-state index is -0.476. The molecule has 3 aromatic rings. The molecule has 1 aliphatic heterocycles. The van der Waals surface area contributed by atoms with Gasteiger partial charge in [0, 0.05) is 12.1 Å². The molecule has 0 aliphatic carbocycles. The van der Waals surface area contributed by atoms with Gasteiger partial charge in [-0.2, -0.15) is 0 Å². The summed E-state index contributed by atoms with van der Waals surface area (Å²) in [6, 6.07) is 12.9. The Hall–Kier alpha value is -2.71. The summed E-state index contributed by atoms with van der Waals surface area (Å²) in [6.07, 6.45) is 0.719. The average molecular weight is 444 g/mol. The second-order valence-corrected chi connectivity index (χ2v) is 8.45. The SMILES string of the molecule is CCc1nnc2n1N[C@@H](c1ccc(OC)c(Cl)c1)[C@@H](C(=O)Nc1ccccc1C)S2. The molecule has 0 saturated carbocycles. The van der Waals surface area contributed by atoms with Crippen LogP contribution in [0.1, 0.15) is 29.9 Å². The quantitative estimate of drug-likeness (QED) is 0.614. The first kappa shape index (κ1) is 20.6. The number of halogens is 1. The zero-order chi connectivity index (χ0) is 21.3. The van der Waals surface area contributed by atoms with Crippen LogP contribution >= 0.6 is 23.4 Å². The van der Waals surface area contributed by atoms with Crippen LogP contribution in [0.25, 0.3) is 0 Å². The molecule has 1 aliphatic rings. The highest BCUT2D eigenvalue weighted by Gasteiger charge is 2.38. The van der Waals surface area contributed by atoms with E-state index in [0.29, 0.717) is 15.9 Å². The van der Waals surface area contributed by atoms with Gasteiger partial charge in [0.15, 0.2) is 5.82 Å². The van der Waals surface area contributed by atoms with Crippen LogP contribution in [-0.4, -0.2) is 33.1 Å². The van der Waals surface area contributed by atoms with Crippen LogP contribution in [0.4, 0.5) is 5.69 Å². The summed E-state index contributed by atoms with van der Waals surface area (Å²) < 4.78 is 7.12. The second-order valence-electron chi connectivity index (χ2n) is 6.93. The number of ether oxygens (including phenoxy) is 1. The van der Waals surface area contributed by atoms with Gasteiger partial charge in [-0.15, -0.1) is 10.2 Å². The maximum atomic E-state index is 13.3. The fraction of sp³-hybridized carbons (Fsp3) is 0.286. The Labute approximate surface area is 184 Å². The lowest BCUT2D eigenvalue weighted by molar-refractivity contribution is -0.116. The Morgan fingerprint density at radius 2 is 2.10 bits per heavy atom. The van der Waals surface area contributed by atoms with Gasteiger partial charge in [-0.3, -0.25) is 4.79 Å². The van der Waals surface area contributed by atoms with Crippen molar-refractivity contribution in [1.82, 2.24) is 14.9 Å². The third-order valence-corrected chi connectivity index (χ3v) is 6.53. The topological polar surface area (TPSA) is 81.1 Å². The maximum absolute atomic E-state index is 13.3. The molecule has 0 saturated heterocycles. The Morgan fingerprint density at radius 3 is 2.80 bits per heavy atom. The lowest BCUT2D eigenvalue weighted by Crippen LogP contribution is -2.41. The zero-order valence-corrected chi connectivity index (χ0v) is 18.4. The first-order valence-electron chi connectivity index (χ1n) is 9.59. The number of methoxy groups -OCH3 is 1. The normalized spacial score (nSPS) is 17.7. The first-order valence-corrected chi connectivity index (χ1v) is 10.8. The summed E-state index contributed by atoms with van der Waals surface area (Å²) in [4.78, 5) is 13.3. The van der Waals surface area contributed by atoms with Crippen molar-refractivity contribution in [2.45, 2.75) is 36.7 Å². The summed E-state index contributed by atoms with van der Waals surface area (Å²) in [5.74, 6) is 1.27. The average Bonchev–Trinajstić information content (AvgIpc) is 3.16. The molecule has 0 radical (unpaired) electrons. The maximum Gasteiger partial charge on any atom is 0.240 e. The molecule has 9 heteroatoms. The monoisotopic (exact) mass is 443 g/mol. The van der Waals surface area contributed by atoms with E-state index in [-0.39, 0.29) is 11.9 Å². The lowest BCUT2D eigenvalue weighted by Gasteiger charge is -2.33. The van der Waals surface area contributed by atoms with Crippen LogP contribution in [0.3, 0.4) is 0 Å². The number of benzene rings is 2. The molecule has 2 atom stereocenters. The van der Waals surface area contributed by atoms with E-state index >= 15 is 0 Å². The highest BCUT2D eigenvalue weighted by atomic mass is 35.5. The summed E-state index contributed by atoms with van der Waals surface area (Å²) in [5, 5.41) is 12.2. The molecule has 0 fully saturated rings. The van der Waals surface area contributed by atoms with Crippen molar-refractivity contribution in [3.05, 3.63) is 64.4 Å². The number of fused-ring (bicyclic) bond motifs is 1. The number of carbonyl (C=O) groups excluding carboxylic acids is 1. The standard InChI is InChI=1S/C21H22ClN5O2S/c1-4-17-24-25-21-27(17)26-18(13-9-10-16(29-3)14(22)11-13)19(30-21)20(28)23-15-8-6-5-7-12(15)2/h5-11,18-19,26H,4H2,1-3H3,(H,23,28)/t18-,19-/m0/s1. The fourth-order valence-corrected chi connectivity index (χ4v) is 4.74. The molecule has 0 spiro atoms. The Bertz CT molecular complexity index is 1090. The third kappa shape index (κ3) is 3.85. The zero-order valence-electron chi connectivity index (χ0n) is 16.8. The van der Waals surface area contributed by atoms with E-state index in [9.17, 15) is 4.79 Å². The molecule has 2 aromatic carbocycles. The smallest absolute Gasteiger partial charge is 0.240 e. The van der Waals surface area contributed by atoms with Crippen LogP contribution in [0.15, 0.2) is 47.6 Å². The van der Waals surface area contributed by atoms with Gasteiger partial charge in [0.25, 0.3) is 0 Å². The summed E-state index contributed by atoms with van der Waals surface area (Å²) in [5.41, 5.74) is 6.08. The minimum Gasteiger partial charge on any atom is -0.495 e. The van der Waals surface area contributed by atoms with Gasteiger partial charge < -0.3 is 15.5 Å². The van der Waals surface area contributed by atoms with Crippen molar-refractivity contribution in [3.63, 3.8) is 0 Å². The van der Waals surface area contributed by atoms with Gasteiger partial charge in [-0.05, 0) is 36.2 Å². The number of hydrogen-bond donors (Lipinski definition) is 2. The van der Waals surface area contributed by atoms with Gasteiger partial charge >= 0.3 is 0 Å². The number of aryl methyl sites for hydroxylation is 2. The number of rotatable bonds is 5. The summed E-state index contributed by atoms with van der Waals surface area (Å²) in [7, 11) is 1.57. The van der Waals surface area contributed by atoms with Crippen LogP contribution in [0.5, 0.6) is 5.75 Å². The molecule has 1 aromatic heterocycles. The number of para-hydroxylation sites is 1. The molecule has 0 unspecified atom stereocenters. The predicted octanol–water partition coefficient (Wildman–Crippen LogP) is 4.21. The highest BCUT2D eigenvalue weighted by Crippen LogP contribution is 2.39.